The quantitative estimate of drug-likeness (QED) is 0.915. The van der Waals surface area contributed by atoms with Gasteiger partial charge in [-0.2, -0.15) is 0 Å². The number of sulfonamides is 1. The highest BCUT2D eigenvalue weighted by Crippen LogP contribution is 2.22. The number of nitrogens with one attached hydrogen (secondary N) is 2. The summed E-state index contributed by atoms with van der Waals surface area (Å²) in [6, 6.07) is 14.7. The second-order valence-corrected chi connectivity index (χ2v) is 7.09. The normalized spacial score (nSPS) is 17.9. The Bertz CT molecular complexity index is 739. The molecule has 0 unspecified atom stereocenters. The van der Waals surface area contributed by atoms with E-state index in [-0.39, 0.29) is 6.04 Å². The molecule has 1 heterocycles. The first-order valence-corrected chi connectivity index (χ1v) is 8.44. The molecule has 1 aliphatic heterocycles. The van der Waals surface area contributed by atoms with E-state index in [0.29, 0.717) is 17.9 Å². The summed E-state index contributed by atoms with van der Waals surface area (Å²) < 4.78 is 27.6. The third kappa shape index (κ3) is 3.09. The second kappa shape index (κ2) is 5.50. The van der Waals surface area contributed by atoms with E-state index in [1.54, 1.807) is 12.1 Å². The lowest BCUT2D eigenvalue weighted by Gasteiger charge is -2.26. The van der Waals surface area contributed by atoms with Crippen LogP contribution in [0.25, 0.3) is 0 Å². The van der Waals surface area contributed by atoms with Crippen LogP contribution in [0, 0.1) is 6.92 Å². The van der Waals surface area contributed by atoms with Gasteiger partial charge in [-0.05, 0) is 37.1 Å². The van der Waals surface area contributed by atoms with Gasteiger partial charge in [-0.15, -0.1) is 0 Å². The molecule has 5 heteroatoms. The van der Waals surface area contributed by atoms with Crippen molar-refractivity contribution in [3.63, 3.8) is 0 Å². The molecule has 0 bridgehead atoms. The minimum atomic E-state index is -3.47. The van der Waals surface area contributed by atoms with Crippen molar-refractivity contribution in [2.45, 2.75) is 24.3 Å². The fourth-order valence-electron chi connectivity index (χ4n) is 2.53. The molecule has 0 aromatic heterocycles. The summed E-state index contributed by atoms with van der Waals surface area (Å²) in [5, 5.41) is 3.27. The van der Waals surface area contributed by atoms with Gasteiger partial charge in [0.1, 0.15) is 0 Å². The summed E-state index contributed by atoms with van der Waals surface area (Å²) in [6.07, 6.45) is 0.703. The second-order valence-electron chi connectivity index (χ2n) is 5.37. The van der Waals surface area contributed by atoms with Crippen LogP contribution in [-0.2, 0) is 16.4 Å². The molecule has 110 valence electrons. The lowest BCUT2D eigenvalue weighted by molar-refractivity contribution is 0.548. The largest absolute Gasteiger partial charge is 0.383 e. The van der Waals surface area contributed by atoms with Crippen LogP contribution in [-0.4, -0.2) is 21.0 Å². The first-order chi connectivity index (χ1) is 10.0. The minimum absolute atomic E-state index is 0.133. The number of anilines is 1. The summed E-state index contributed by atoms with van der Waals surface area (Å²) in [7, 11) is -3.47. The third-order valence-corrected chi connectivity index (χ3v) is 5.21. The molecule has 1 atom stereocenters. The Morgan fingerprint density at radius 1 is 1.10 bits per heavy atom. The van der Waals surface area contributed by atoms with Crippen LogP contribution in [0.15, 0.2) is 53.4 Å². The van der Waals surface area contributed by atoms with Crippen LogP contribution in [0.4, 0.5) is 5.69 Å². The number of hydrogen-bond donors (Lipinski definition) is 2. The zero-order chi connectivity index (χ0) is 14.9. The molecule has 0 amide bonds. The van der Waals surface area contributed by atoms with Gasteiger partial charge in [0.2, 0.25) is 10.0 Å². The molecule has 21 heavy (non-hydrogen) atoms. The SMILES string of the molecule is Cc1ccc(S(=O)(=O)N[C@H]2CNc3ccccc3C2)cc1. The topological polar surface area (TPSA) is 58.2 Å². The van der Waals surface area contributed by atoms with E-state index < -0.39 is 10.0 Å². The van der Waals surface area contributed by atoms with Crippen molar-refractivity contribution in [2.75, 3.05) is 11.9 Å². The predicted octanol–water partition coefficient (Wildman–Crippen LogP) is 2.31. The highest BCUT2D eigenvalue weighted by Gasteiger charge is 2.23. The van der Waals surface area contributed by atoms with Crippen LogP contribution >= 0.6 is 0 Å². The molecular weight excluding hydrogens is 284 g/mol. The van der Waals surface area contributed by atoms with Crippen molar-refractivity contribution in [1.29, 1.82) is 0 Å². The summed E-state index contributed by atoms with van der Waals surface area (Å²) in [5.74, 6) is 0. The van der Waals surface area contributed by atoms with Gasteiger partial charge in [-0.25, -0.2) is 13.1 Å². The Kier molecular flexibility index (Phi) is 3.69. The number of aryl methyl sites for hydroxylation is 1. The van der Waals surface area contributed by atoms with Gasteiger partial charge >= 0.3 is 0 Å². The standard InChI is InChI=1S/C16H18N2O2S/c1-12-6-8-15(9-7-12)21(19,20)18-14-10-13-4-2-3-5-16(13)17-11-14/h2-9,14,17-18H,10-11H2,1H3/t14-/m1/s1. The molecule has 0 saturated heterocycles. The Morgan fingerprint density at radius 2 is 1.81 bits per heavy atom. The van der Waals surface area contributed by atoms with Gasteiger partial charge in [-0.1, -0.05) is 35.9 Å². The number of para-hydroxylation sites is 1. The molecular formula is C16H18N2O2S. The maximum absolute atomic E-state index is 12.4. The van der Waals surface area contributed by atoms with Crippen molar-refractivity contribution in [2.24, 2.45) is 0 Å². The van der Waals surface area contributed by atoms with Crippen molar-refractivity contribution >= 4 is 15.7 Å². The maximum atomic E-state index is 12.4. The minimum Gasteiger partial charge on any atom is -0.383 e. The van der Waals surface area contributed by atoms with Gasteiger partial charge in [0.25, 0.3) is 0 Å². The van der Waals surface area contributed by atoms with E-state index in [0.717, 1.165) is 16.8 Å². The van der Waals surface area contributed by atoms with Crippen molar-refractivity contribution in [3.05, 3.63) is 59.7 Å². The molecule has 0 saturated carbocycles. The van der Waals surface area contributed by atoms with Gasteiger partial charge in [0.05, 0.1) is 4.90 Å². The molecule has 2 aromatic carbocycles. The summed E-state index contributed by atoms with van der Waals surface area (Å²) >= 11 is 0. The van der Waals surface area contributed by atoms with Gasteiger partial charge in [0, 0.05) is 18.3 Å². The third-order valence-electron chi connectivity index (χ3n) is 3.68. The highest BCUT2D eigenvalue weighted by molar-refractivity contribution is 7.89. The molecule has 2 aromatic rings. The van der Waals surface area contributed by atoms with Crippen LogP contribution in [0.5, 0.6) is 0 Å². The summed E-state index contributed by atoms with van der Waals surface area (Å²) in [5.41, 5.74) is 3.27. The van der Waals surface area contributed by atoms with E-state index in [1.807, 2.05) is 43.3 Å². The first kappa shape index (κ1) is 14.1. The van der Waals surface area contributed by atoms with Crippen LogP contribution < -0.4 is 10.0 Å². The lowest BCUT2D eigenvalue weighted by atomic mass is 10.0. The lowest BCUT2D eigenvalue weighted by Crippen LogP contribution is -2.43. The smallest absolute Gasteiger partial charge is 0.240 e. The fourth-order valence-corrected chi connectivity index (χ4v) is 3.77. The van der Waals surface area contributed by atoms with Crippen LogP contribution in [0.2, 0.25) is 0 Å². The van der Waals surface area contributed by atoms with E-state index in [9.17, 15) is 8.42 Å². The predicted molar refractivity (Wildman–Crippen MR) is 83.9 cm³/mol. The number of rotatable bonds is 3. The van der Waals surface area contributed by atoms with E-state index in [4.69, 9.17) is 0 Å². The molecule has 1 aliphatic rings. The summed E-state index contributed by atoms with van der Waals surface area (Å²) in [4.78, 5) is 0.312. The fraction of sp³-hybridized carbons (Fsp3) is 0.250. The Morgan fingerprint density at radius 3 is 2.57 bits per heavy atom. The average molecular weight is 302 g/mol. The van der Waals surface area contributed by atoms with Gasteiger partial charge < -0.3 is 5.32 Å². The molecule has 3 rings (SSSR count). The van der Waals surface area contributed by atoms with Crippen molar-refractivity contribution < 1.29 is 8.42 Å². The van der Waals surface area contributed by atoms with Gasteiger partial charge in [-0.3, -0.25) is 0 Å². The van der Waals surface area contributed by atoms with Crippen molar-refractivity contribution in [1.82, 2.24) is 4.72 Å². The molecule has 0 fully saturated rings. The molecule has 0 radical (unpaired) electrons. The molecule has 4 nitrogen and oxygen atoms in total. The first-order valence-electron chi connectivity index (χ1n) is 6.95. The zero-order valence-electron chi connectivity index (χ0n) is 11.8. The molecule has 0 spiro atoms. The Labute approximate surface area is 125 Å². The van der Waals surface area contributed by atoms with Crippen LogP contribution in [0.3, 0.4) is 0 Å². The number of benzene rings is 2. The number of fused-ring (bicyclic) bond motifs is 1. The number of hydrogen-bond acceptors (Lipinski definition) is 3. The van der Waals surface area contributed by atoms with E-state index in [1.165, 1.54) is 0 Å². The van der Waals surface area contributed by atoms with Gasteiger partial charge in [0.15, 0.2) is 0 Å². The van der Waals surface area contributed by atoms with E-state index in [2.05, 4.69) is 10.0 Å². The van der Waals surface area contributed by atoms with Crippen molar-refractivity contribution in [3.8, 4) is 0 Å². The average Bonchev–Trinajstić information content (AvgIpc) is 2.47. The van der Waals surface area contributed by atoms with E-state index >= 15 is 0 Å². The Balaban J connectivity index is 1.77. The molecule has 0 aliphatic carbocycles. The Hall–Kier alpha value is -1.85. The molecule has 2 N–H and O–H groups in total. The summed E-state index contributed by atoms with van der Waals surface area (Å²) in [6.45, 7) is 2.54. The maximum Gasteiger partial charge on any atom is 0.240 e. The monoisotopic (exact) mass is 302 g/mol. The highest BCUT2D eigenvalue weighted by atomic mass is 32.2. The van der Waals surface area contributed by atoms with Crippen LogP contribution in [0.1, 0.15) is 11.1 Å². The zero-order valence-corrected chi connectivity index (χ0v) is 12.7.